The van der Waals surface area contributed by atoms with Gasteiger partial charge in [-0.2, -0.15) is 0 Å². The van der Waals surface area contributed by atoms with Crippen LogP contribution in [0.2, 0.25) is 0 Å². The van der Waals surface area contributed by atoms with Crippen LogP contribution in [0.3, 0.4) is 0 Å². The Morgan fingerprint density at radius 3 is 2.95 bits per heavy atom. The lowest BCUT2D eigenvalue weighted by Gasteiger charge is -2.19. The Hall–Kier alpha value is -1.69. The molecule has 1 aromatic rings. The summed E-state index contributed by atoms with van der Waals surface area (Å²) in [6.07, 6.45) is 3.75. The second kappa shape index (κ2) is 5.97. The average molecular weight is 280 g/mol. The third-order valence-corrected chi connectivity index (χ3v) is 3.57. The van der Waals surface area contributed by atoms with E-state index in [0.717, 1.165) is 24.2 Å². The fraction of sp³-hybridized carbons (Fsp3) is 0.462. The van der Waals surface area contributed by atoms with Crippen molar-refractivity contribution in [2.45, 2.75) is 25.8 Å². The number of amides is 1. The predicted molar refractivity (Wildman–Crippen MR) is 72.3 cm³/mol. The minimum absolute atomic E-state index is 0.144. The number of ether oxygens (including phenoxy) is 1. The molecule has 5 nitrogen and oxygen atoms in total. The minimum Gasteiger partial charge on any atom is -0.461 e. The summed E-state index contributed by atoms with van der Waals surface area (Å²) < 4.78 is 4.86. The quantitative estimate of drug-likeness (QED) is 0.591. The second-order valence-electron chi connectivity index (χ2n) is 4.24. The highest BCUT2D eigenvalue weighted by atomic mass is 32.1. The Bertz CT molecular complexity index is 494. The minimum atomic E-state index is -0.478. The topological polar surface area (TPSA) is 59.5 Å². The van der Waals surface area contributed by atoms with Crippen LogP contribution in [0.25, 0.3) is 0 Å². The normalized spacial score (nSPS) is 13.9. The Morgan fingerprint density at radius 2 is 2.37 bits per heavy atom. The molecule has 0 aromatic carbocycles. The van der Waals surface area contributed by atoms with E-state index in [2.05, 4.69) is 11.6 Å². The van der Waals surface area contributed by atoms with Crippen molar-refractivity contribution in [2.24, 2.45) is 0 Å². The van der Waals surface area contributed by atoms with E-state index in [1.807, 2.05) is 0 Å². The number of esters is 1. The zero-order chi connectivity index (χ0) is 13.8. The summed E-state index contributed by atoms with van der Waals surface area (Å²) >= 11 is 1.13. The van der Waals surface area contributed by atoms with Crippen LogP contribution < -0.4 is 0 Å². The lowest BCUT2D eigenvalue weighted by Crippen LogP contribution is -2.33. The van der Waals surface area contributed by atoms with Crippen LogP contribution in [0.5, 0.6) is 0 Å². The molecule has 0 aliphatic heterocycles. The maximum Gasteiger partial charge on any atom is 0.367 e. The van der Waals surface area contributed by atoms with Crippen molar-refractivity contribution < 1.29 is 14.3 Å². The van der Waals surface area contributed by atoms with Crippen molar-refractivity contribution in [2.75, 3.05) is 13.2 Å². The molecule has 1 amide bonds. The van der Waals surface area contributed by atoms with Crippen LogP contribution in [-0.4, -0.2) is 41.0 Å². The van der Waals surface area contributed by atoms with Crippen molar-refractivity contribution >= 4 is 23.2 Å². The van der Waals surface area contributed by atoms with E-state index in [1.165, 1.54) is 0 Å². The maximum atomic E-state index is 12.3. The Labute approximate surface area is 115 Å². The molecular formula is C13H16N2O3S. The van der Waals surface area contributed by atoms with E-state index in [4.69, 9.17) is 4.74 Å². The van der Waals surface area contributed by atoms with Crippen molar-refractivity contribution in [3.05, 3.63) is 28.7 Å². The van der Waals surface area contributed by atoms with Gasteiger partial charge >= 0.3 is 5.97 Å². The molecule has 0 N–H and O–H groups in total. The van der Waals surface area contributed by atoms with E-state index in [0.29, 0.717) is 24.9 Å². The predicted octanol–water partition coefficient (Wildman–Crippen LogP) is 2.11. The van der Waals surface area contributed by atoms with Gasteiger partial charge in [0.1, 0.15) is 5.69 Å². The molecule has 1 aliphatic carbocycles. The monoisotopic (exact) mass is 280 g/mol. The fourth-order valence-electron chi connectivity index (χ4n) is 1.73. The highest BCUT2D eigenvalue weighted by Gasteiger charge is 2.33. The highest BCUT2D eigenvalue weighted by Crippen LogP contribution is 2.28. The molecule has 19 heavy (non-hydrogen) atoms. The highest BCUT2D eigenvalue weighted by molar-refractivity contribution is 7.11. The van der Waals surface area contributed by atoms with Gasteiger partial charge in [-0.05, 0) is 19.8 Å². The van der Waals surface area contributed by atoms with Crippen LogP contribution in [0.1, 0.15) is 40.1 Å². The molecule has 2 rings (SSSR count). The number of thiazole rings is 1. The standard InChI is InChI=1S/C13H16N2O3S/c1-3-7-15(9-5-6-9)12(16)10-8-19-11(14-10)13(17)18-4-2/h3,8-9H,1,4-7H2,2H3. The van der Waals surface area contributed by atoms with E-state index in [9.17, 15) is 9.59 Å². The summed E-state index contributed by atoms with van der Waals surface area (Å²) in [6.45, 7) is 6.20. The van der Waals surface area contributed by atoms with Gasteiger partial charge in [-0.3, -0.25) is 4.79 Å². The van der Waals surface area contributed by atoms with Crippen LogP contribution >= 0.6 is 11.3 Å². The number of hydrogen-bond acceptors (Lipinski definition) is 5. The first-order valence-electron chi connectivity index (χ1n) is 6.21. The zero-order valence-corrected chi connectivity index (χ0v) is 11.6. The van der Waals surface area contributed by atoms with Gasteiger partial charge in [0, 0.05) is 18.0 Å². The van der Waals surface area contributed by atoms with Gasteiger partial charge in [0.15, 0.2) is 0 Å². The van der Waals surface area contributed by atoms with Gasteiger partial charge in [-0.15, -0.1) is 17.9 Å². The number of aromatic nitrogens is 1. The number of carbonyl (C=O) groups excluding carboxylic acids is 2. The summed E-state index contributed by atoms with van der Waals surface area (Å²) in [4.78, 5) is 29.6. The largest absolute Gasteiger partial charge is 0.461 e. The molecule has 1 aromatic heterocycles. The van der Waals surface area contributed by atoms with Crippen molar-refractivity contribution in [3.63, 3.8) is 0 Å². The maximum absolute atomic E-state index is 12.3. The van der Waals surface area contributed by atoms with Gasteiger partial charge in [0.05, 0.1) is 6.61 Å². The summed E-state index contributed by atoms with van der Waals surface area (Å²) in [5, 5.41) is 1.83. The van der Waals surface area contributed by atoms with Crippen molar-refractivity contribution in [1.29, 1.82) is 0 Å². The number of nitrogens with zero attached hydrogens (tertiary/aromatic N) is 2. The van der Waals surface area contributed by atoms with Gasteiger partial charge in [0.2, 0.25) is 5.01 Å². The SMILES string of the molecule is C=CCN(C(=O)c1csc(C(=O)OCC)n1)C1CC1. The first-order valence-corrected chi connectivity index (χ1v) is 7.09. The molecule has 102 valence electrons. The summed E-state index contributed by atoms with van der Waals surface area (Å²) in [5.41, 5.74) is 0.307. The van der Waals surface area contributed by atoms with Crippen LogP contribution in [0, 0.1) is 0 Å². The van der Waals surface area contributed by atoms with Gasteiger partial charge in [-0.1, -0.05) is 6.08 Å². The summed E-state index contributed by atoms with van der Waals surface area (Å²) in [5.74, 6) is -0.623. The summed E-state index contributed by atoms with van der Waals surface area (Å²) in [7, 11) is 0. The van der Waals surface area contributed by atoms with E-state index < -0.39 is 5.97 Å². The van der Waals surface area contributed by atoms with E-state index in [1.54, 1.807) is 23.3 Å². The van der Waals surface area contributed by atoms with Crippen LogP contribution in [-0.2, 0) is 4.74 Å². The molecule has 0 bridgehead atoms. The lowest BCUT2D eigenvalue weighted by molar-refractivity contribution is 0.0526. The fourth-order valence-corrected chi connectivity index (χ4v) is 2.41. The molecule has 0 atom stereocenters. The van der Waals surface area contributed by atoms with E-state index in [-0.39, 0.29) is 10.9 Å². The molecule has 1 heterocycles. The number of hydrogen-bond donors (Lipinski definition) is 0. The number of carbonyl (C=O) groups is 2. The molecule has 1 saturated carbocycles. The first-order chi connectivity index (χ1) is 9.17. The second-order valence-corrected chi connectivity index (χ2v) is 5.09. The molecular weight excluding hydrogens is 264 g/mol. The van der Waals surface area contributed by atoms with Crippen LogP contribution in [0.4, 0.5) is 0 Å². The Morgan fingerprint density at radius 1 is 1.63 bits per heavy atom. The smallest absolute Gasteiger partial charge is 0.367 e. The van der Waals surface area contributed by atoms with Crippen LogP contribution in [0.15, 0.2) is 18.0 Å². The molecule has 0 saturated heterocycles. The van der Waals surface area contributed by atoms with Gasteiger partial charge < -0.3 is 9.64 Å². The molecule has 0 radical (unpaired) electrons. The van der Waals surface area contributed by atoms with Gasteiger partial charge in [0.25, 0.3) is 5.91 Å². The van der Waals surface area contributed by atoms with Gasteiger partial charge in [-0.25, -0.2) is 9.78 Å². The van der Waals surface area contributed by atoms with Crippen molar-refractivity contribution in [1.82, 2.24) is 9.88 Å². The van der Waals surface area contributed by atoms with Crippen molar-refractivity contribution in [3.8, 4) is 0 Å². The number of rotatable bonds is 6. The summed E-state index contributed by atoms with van der Waals surface area (Å²) in [6, 6.07) is 0.290. The Kier molecular flexibility index (Phi) is 4.31. The molecule has 1 fully saturated rings. The third kappa shape index (κ3) is 3.20. The molecule has 1 aliphatic rings. The molecule has 0 spiro atoms. The molecule has 6 heteroatoms. The zero-order valence-electron chi connectivity index (χ0n) is 10.8. The third-order valence-electron chi connectivity index (χ3n) is 2.75. The Balaban J connectivity index is 2.10. The molecule has 0 unspecified atom stereocenters. The lowest BCUT2D eigenvalue weighted by atomic mass is 10.3. The van der Waals surface area contributed by atoms with E-state index >= 15 is 0 Å². The average Bonchev–Trinajstić information content (AvgIpc) is 3.11. The first kappa shape index (κ1) is 13.7.